The lowest BCUT2D eigenvalue weighted by atomic mass is 10.1. The number of aromatic nitrogens is 1. The second-order valence-electron chi connectivity index (χ2n) is 5.41. The molecule has 0 bridgehead atoms. The molecule has 0 unspecified atom stereocenters. The summed E-state index contributed by atoms with van der Waals surface area (Å²) < 4.78 is 2.37. The Morgan fingerprint density at radius 3 is 2.36 bits per heavy atom. The molecule has 0 aliphatic rings. The van der Waals surface area contributed by atoms with Gasteiger partial charge < -0.3 is 0 Å². The Bertz CT molecular complexity index is 1160. The van der Waals surface area contributed by atoms with E-state index in [1.807, 2.05) is 61.7 Å². The zero-order valence-electron chi connectivity index (χ0n) is 13.6. The third kappa shape index (κ3) is 3.06. The number of nitriles is 2. The van der Waals surface area contributed by atoms with Crippen molar-refractivity contribution in [3.05, 3.63) is 71.3 Å². The van der Waals surface area contributed by atoms with Crippen LogP contribution in [0.1, 0.15) is 16.0 Å². The molecule has 3 aromatic rings. The van der Waals surface area contributed by atoms with Crippen LogP contribution >= 0.6 is 22.7 Å². The molecule has 25 heavy (non-hydrogen) atoms. The minimum Gasteiger partial charge on any atom is -0.267 e. The van der Waals surface area contributed by atoms with Crippen molar-refractivity contribution in [3.63, 3.8) is 0 Å². The number of thiazole rings is 1. The summed E-state index contributed by atoms with van der Waals surface area (Å²) in [7, 11) is 0. The molecule has 0 fully saturated rings. The van der Waals surface area contributed by atoms with Crippen molar-refractivity contribution in [1.82, 2.24) is 4.57 Å². The standard InChI is InChI=1S/C19H13N3OS2/c1-12-5-3-6-13(2)17(12)22-18(23)16(9-15-7-4-8-24-15)25-19(22)14(10-20)11-21/h3-9H,1-2H3/b16-9+. The molecule has 0 aliphatic carbocycles. The molecule has 122 valence electrons. The maximum Gasteiger partial charge on any atom is 0.273 e. The first-order chi connectivity index (χ1) is 12.1. The predicted octanol–water partition coefficient (Wildman–Crippen LogP) is 2.60. The molecule has 2 aromatic heterocycles. The van der Waals surface area contributed by atoms with Crippen molar-refractivity contribution < 1.29 is 0 Å². The van der Waals surface area contributed by atoms with Crippen LogP contribution in [0.3, 0.4) is 0 Å². The lowest BCUT2D eigenvalue weighted by Crippen LogP contribution is -2.31. The lowest BCUT2D eigenvalue weighted by Gasteiger charge is -2.10. The molecule has 0 saturated heterocycles. The van der Waals surface area contributed by atoms with E-state index < -0.39 is 0 Å². The summed E-state index contributed by atoms with van der Waals surface area (Å²) in [5.41, 5.74) is 2.29. The van der Waals surface area contributed by atoms with Crippen molar-refractivity contribution in [1.29, 1.82) is 10.5 Å². The van der Waals surface area contributed by atoms with Crippen molar-refractivity contribution in [2.45, 2.75) is 13.8 Å². The van der Waals surface area contributed by atoms with Crippen LogP contribution in [0.15, 0.2) is 40.5 Å². The van der Waals surface area contributed by atoms with Crippen LogP contribution in [0.2, 0.25) is 0 Å². The number of benzene rings is 1. The summed E-state index contributed by atoms with van der Waals surface area (Å²) in [6.07, 6.45) is 1.80. The first kappa shape index (κ1) is 16.9. The van der Waals surface area contributed by atoms with Gasteiger partial charge in [-0.3, -0.25) is 9.36 Å². The van der Waals surface area contributed by atoms with E-state index >= 15 is 0 Å². The largest absolute Gasteiger partial charge is 0.273 e. The first-order valence-corrected chi connectivity index (χ1v) is 9.14. The van der Waals surface area contributed by atoms with Gasteiger partial charge in [-0.05, 0) is 42.5 Å². The number of hydrogen-bond donors (Lipinski definition) is 0. The Morgan fingerprint density at radius 1 is 1.12 bits per heavy atom. The summed E-state index contributed by atoms with van der Waals surface area (Å²) >= 11 is 2.70. The Kier molecular flexibility index (Phi) is 4.67. The van der Waals surface area contributed by atoms with Crippen LogP contribution in [0.5, 0.6) is 0 Å². The normalized spacial score (nSPS) is 11.1. The van der Waals surface area contributed by atoms with Gasteiger partial charge in [0.15, 0.2) is 5.57 Å². The van der Waals surface area contributed by atoms with Crippen LogP contribution in [0.4, 0.5) is 0 Å². The third-order valence-electron chi connectivity index (χ3n) is 3.74. The molecule has 0 saturated carbocycles. The zero-order chi connectivity index (χ0) is 18.0. The molecule has 0 amide bonds. The number of para-hydroxylation sites is 1. The minimum absolute atomic E-state index is 0.0596. The van der Waals surface area contributed by atoms with Gasteiger partial charge in [-0.25, -0.2) is 0 Å². The Balaban J connectivity index is 2.50. The summed E-state index contributed by atoms with van der Waals surface area (Å²) in [5.74, 6) is 0. The van der Waals surface area contributed by atoms with E-state index in [2.05, 4.69) is 0 Å². The highest BCUT2D eigenvalue weighted by molar-refractivity contribution is 7.11. The number of thiophene rings is 1. The Labute approximate surface area is 152 Å². The molecule has 3 rings (SSSR count). The molecular weight excluding hydrogens is 350 g/mol. The van der Waals surface area contributed by atoms with E-state index in [1.165, 1.54) is 27.2 Å². The summed E-state index contributed by atoms with van der Waals surface area (Å²) in [6.45, 7) is 3.83. The van der Waals surface area contributed by atoms with E-state index in [9.17, 15) is 15.3 Å². The van der Waals surface area contributed by atoms with Gasteiger partial charge in [0.2, 0.25) is 0 Å². The van der Waals surface area contributed by atoms with Gasteiger partial charge in [0.25, 0.3) is 5.56 Å². The molecule has 0 radical (unpaired) electrons. The maximum absolute atomic E-state index is 13.1. The van der Waals surface area contributed by atoms with E-state index in [1.54, 1.807) is 6.08 Å². The zero-order valence-corrected chi connectivity index (χ0v) is 15.2. The van der Waals surface area contributed by atoms with Crippen LogP contribution in [0, 0.1) is 36.5 Å². The molecule has 1 aromatic carbocycles. The molecule has 0 spiro atoms. The van der Waals surface area contributed by atoms with Crippen LogP contribution < -0.4 is 14.8 Å². The molecule has 2 heterocycles. The number of nitrogens with zero attached hydrogens (tertiary/aromatic N) is 3. The summed E-state index contributed by atoms with van der Waals surface area (Å²) in [6, 6.07) is 13.4. The van der Waals surface area contributed by atoms with Gasteiger partial charge in [-0.15, -0.1) is 22.7 Å². The minimum atomic E-state index is -0.214. The van der Waals surface area contributed by atoms with Gasteiger partial charge in [0, 0.05) is 4.88 Å². The highest BCUT2D eigenvalue weighted by Gasteiger charge is 2.14. The number of rotatable bonds is 2. The Hall–Kier alpha value is -2.93. The molecular formula is C19H13N3OS2. The van der Waals surface area contributed by atoms with Crippen molar-refractivity contribution in [2.75, 3.05) is 0 Å². The third-order valence-corrected chi connectivity index (χ3v) is 5.65. The van der Waals surface area contributed by atoms with E-state index in [-0.39, 0.29) is 11.1 Å². The highest BCUT2D eigenvalue weighted by Crippen LogP contribution is 2.16. The quantitative estimate of drug-likeness (QED) is 0.703. The summed E-state index contributed by atoms with van der Waals surface area (Å²) in [4.78, 5) is 14.0. The SMILES string of the molecule is Cc1cccc(C)c1-n1c(=C(C#N)C#N)s/c(=C/c2cccs2)c1=O. The van der Waals surface area contributed by atoms with Crippen LogP contribution in [-0.4, -0.2) is 4.57 Å². The van der Waals surface area contributed by atoms with Gasteiger partial charge in [-0.1, -0.05) is 24.3 Å². The second-order valence-corrected chi connectivity index (χ2v) is 7.42. The highest BCUT2D eigenvalue weighted by atomic mass is 32.1. The first-order valence-electron chi connectivity index (χ1n) is 7.45. The monoisotopic (exact) mass is 363 g/mol. The second kappa shape index (κ2) is 6.90. The van der Waals surface area contributed by atoms with Crippen molar-refractivity contribution >= 4 is 34.3 Å². The number of hydrogen-bond acceptors (Lipinski definition) is 5. The van der Waals surface area contributed by atoms with Gasteiger partial charge in [-0.2, -0.15) is 10.5 Å². The lowest BCUT2D eigenvalue weighted by molar-refractivity contribution is 0.962. The predicted molar refractivity (Wildman–Crippen MR) is 101 cm³/mol. The molecule has 0 aliphatic heterocycles. The van der Waals surface area contributed by atoms with Gasteiger partial charge in [0.1, 0.15) is 16.8 Å². The number of aryl methyl sites for hydroxylation is 2. The van der Waals surface area contributed by atoms with Crippen molar-refractivity contribution in [3.8, 4) is 17.8 Å². The maximum atomic E-state index is 13.1. The molecule has 0 N–H and O–H groups in total. The topological polar surface area (TPSA) is 69.6 Å². The van der Waals surface area contributed by atoms with Crippen LogP contribution in [-0.2, 0) is 0 Å². The fourth-order valence-corrected chi connectivity index (χ4v) is 4.40. The van der Waals surface area contributed by atoms with Crippen LogP contribution in [0.25, 0.3) is 17.3 Å². The van der Waals surface area contributed by atoms with E-state index in [0.29, 0.717) is 9.20 Å². The average Bonchev–Trinajstić information content (AvgIpc) is 3.20. The van der Waals surface area contributed by atoms with E-state index in [4.69, 9.17) is 0 Å². The van der Waals surface area contributed by atoms with Gasteiger partial charge in [0.05, 0.1) is 10.2 Å². The molecule has 0 atom stereocenters. The Morgan fingerprint density at radius 2 is 1.80 bits per heavy atom. The smallest absolute Gasteiger partial charge is 0.267 e. The summed E-state index contributed by atoms with van der Waals surface area (Å²) in [5, 5.41) is 20.6. The van der Waals surface area contributed by atoms with E-state index in [0.717, 1.165) is 21.7 Å². The fourth-order valence-electron chi connectivity index (χ4n) is 2.63. The van der Waals surface area contributed by atoms with Gasteiger partial charge >= 0.3 is 0 Å². The molecule has 6 heteroatoms. The average molecular weight is 363 g/mol. The fraction of sp³-hybridized carbons (Fsp3) is 0.105. The molecule has 4 nitrogen and oxygen atoms in total. The van der Waals surface area contributed by atoms with Crippen molar-refractivity contribution in [2.24, 2.45) is 0 Å².